The Morgan fingerprint density at radius 1 is 1.19 bits per heavy atom. The highest BCUT2D eigenvalue weighted by Crippen LogP contribution is 2.30. The fourth-order valence-corrected chi connectivity index (χ4v) is 1.68. The first kappa shape index (κ1) is 12.3. The first-order valence-electron chi connectivity index (χ1n) is 3.70. The lowest BCUT2D eigenvalue weighted by atomic mass is 10.1. The summed E-state index contributed by atoms with van der Waals surface area (Å²) in [6, 6.07) is 1.94. The lowest BCUT2D eigenvalue weighted by Gasteiger charge is -2.00. The number of nitrogens with zero attached hydrogens (tertiary/aromatic N) is 2. The summed E-state index contributed by atoms with van der Waals surface area (Å²) in [4.78, 5) is 30.0. The third-order valence-electron chi connectivity index (χ3n) is 1.67. The van der Waals surface area contributed by atoms with Gasteiger partial charge in [0.2, 0.25) is 5.56 Å². The fraction of sp³-hybridized carbons (Fsp3) is 0. The van der Waals surface area contributed by atoms with Gasteiger partial charge in [-0.1, -0.05) is 0 Å². The SMILES string of the molecule is O=C(O)c1c([N+](=O)[O-])cc(I)cc1[N+](=O)[O-]. The Morgan fingerprint density at radius 2 is 1.56 bits per heavy atom. The monoisotopic (exact) mass is 338 g/mol. The van der Waals surface area contributed by atoms with Crippen molar-refractivity contribution in [3.63, 3.8) is 0 Å². The third-order valence-corrected chi connectivity index (χ3v) is 2.29. The summed E-state index contributed by atoms with van der Waals surface area (Å²) in [5, 5.41) is 29.9. The van der Waals surface area contributed by atoms with Gasteiger partial charge in [-0.25, -0.2) is 4.79 Å². The van der Waals surface area contributed by atoms with E-state index >= 15 is 0 Å². The van der Waals surface area contributed by atoms with Gasteiger partial charge in [-0.3, -0.25) is 20.2 Å². The molecule has 0 aliphatic carbocycles. The summed E-state index contributed by atoms with van der Waals surface area (Å²) in [6.07, 6.45) is 0. The third kappa shape index (κ3) is 2.24. The molecule has 1 aromatic rings. The summed E-state index contributed by atoms with van der Waals surface area (Å²) < 4.78 is 0.223. The van der Waals surface area contributed by atoms with Gasteiger partial charge in [-0.05, 0) is 22.6 Å². The Labute approximate surface area is 101 Å². The Bertz CT molecular complexity index is 465. The molecule has 0 aliphatic heterocycles. The first-order chi connectivity index (χ1) is 7.34. The molecule has 0 atom stereocenters. The summed E-state index contributed by atoms with van der Waals surface area (Å²) in [5.41, 5.74) is -2.48. The van der Waals surface area contributed by atoms with Gasteiger partial charge >= 0.3 is 5.97 Å². The van der Waals surface area contributed by atoms with E-state index in [2.05, 4.69) is 0 Å². The van der Waals surface area contributed by atoms with Crippen LogP contribution in [0.15, 0.2) is 12.1 Å². The molecule has 0 fully saturated rings. The lowest BCUT2D eigenvalue weighted by Crippen LogP contribution is -2.07. The van der Waals surface area contributed by atoms with E-state index in [0.717, 1.165) is 12.1 Å². The Kier molecular flexibility index (Phi) is 3.37. The number of halogens is 1. The molecule has 9 heteroatoms. The van der Waals surface area contributed by atoms with Crippen molar-refractivity contribution in [1.82, 2.24) is 0 Å². The maximum Gasteiger partial charge on any atom is 0.349 e. The van der Waals surface area contributed by atoms with E-state index in [1.165, 1.54) is 0 Å². The lowest BCUT2D eigenvalue weighted by molar-refractivity contribution is -0.394. The van der Waals surface area contributed by atoms with Crippen LogP contribution in [0.2, 0.25) is 0 Å². The standard InChI is InChI=1S/C7H3IN2O6/c8-3-1-4(9(13)14)6(7(11)12)5(2-3)10(15)16/h1-2H,(H,11,12). The number of aromatic carboxylic acids is 1. The molecule has 0 aliphatic rings. The van der Waals surface area contributed by atoms with E-state index < -0.39 is 32.8 Å². The molecule has 1 aromatic carbocycles. The highest BCUT2D eigenvalue weighted by molar-refractivity contribution is 14.1. The molecule has 0 spiro atoms. The largest absolute Gasteiger partial charge is 0.477 e. The minimum absolute atomic E-state index is 0.223. The van der Waals surface area contributed by atoms with Gasteiger partial charge in [0.25, 0.3) is 11.4 Å². The molecule has 0 bridgehead atoms. The number of rotatable bonds is 3. The molecule has 8 nitrogen and oxygen atoms in total. The smallest absolute Gasteiger partial charge is 0.349 e. The Balaban J connectivity index is 3.67. The van der Waals surface area contributed by atoms with E-state index in [4.69, 9.17) is 5.11 Å². The predicted molar refractivity (Wildman–Crippen MR) is 59.4 cm³/mol. The van der Waals surface area contributed by atoms with E-state index in [1.54, 1.807) is 22.6 Å². The molecule has 0 unspecified atom stereocenters. The predicted octanol–water partition coefficient (Wildman–Crippen LogP) is 1.81. The van der Waals surface area contributed by atoms with Crippen molar-refractivity contribution >= 4 is 39.9 Å². The molecular weight excluding hydrogens is 335 g/mol. The number of nitro benzene ring substituents is 2. The molecule has 0 radical (unpaired) electrons. The van der Waals surface area contributed by atoms with Crippen LogP contribution in [0.1, 0.15) is 10.4 Å². The van der Waals surface area contributed by atoms with Crippen molar-refractivity contribution in [2.45, 2.75) is 0 Å². The van der Waals surface area contributed by atoms with Crippen molar-refractivity contribution in [2.24, 2.45) is 0 Å². The van der Waals surface area contributed by atoms with Gasteiger partial charge in [0, 0.05) is 15.7 Å². The average Bonchev–Trinajstić information content (AvgIpc) is 2.15. The van der Waals surface area contributed by atoms with Crippen LogP contribution in [0.4, 0.5) is 11.4 Å². The maximum absolute atomic E-state index is 10.8. The van der Waals surface area contributed by atoms with Crippen LogP contribution < -0.4 is 0 Å². The molecule has 1 N–H and O–H groups in total. The van der Waals surface area contributed by atoms with Crippen molar-refractivity contribution in [3.8, 4) is 0 Å². The number of carbonyl (C=O) groups is 1. The zero-order chi connectivity index (χ0) is 12.5. The molecule has 0 aromatic heterocycles. The number of carboxylic acid groups (broad SMARTS) is 1. The number of hydrogen-bond acceptors (Lipinski definition) is 5. The molecular formula is C7H3IN2O6. The molecule has 0 heterocycles. The highest BCUT2D eigenvalue weighted by atomic mass is 127. The second-order valence-electron chi connectivity index (χ2n) is 2.64. The van der Waals surface area contributed by atoms with Crippen LogP contribution in [0, 0.1) is 23.8 Å². The molecule has 1 rings (SSSR count). The Morgan fingerprint density at radius 3 is 1.81 bits per heavy atom. The van der Waals surface area contributed by atoms with Crippen molar-refractivity contribution < 1.29 is 19.7 Å². The van der Waals surface area contributed by atoms with Crippen LogP contribution >= 0.6 is 22.6 Å². The fourth-order valence-electron chi connectivity index (χ4n) is 1.09. The molecule has 0 saturated heterocycles. The van der Waals surface area contributed by atoms with E-state index in [-0.39, 0.29) is 3.57 Å². The second kappa shape index (κ2) is 4.38. The minimum atomic E-state index is -1.70. The van der Waals surface area contributed by atoms with Crippen LogP contribution in [0.5, 0.6) is 0 Å². The number of hydrogen-bond donors (Lipinski definition) is 1. The van der Waals surface area contributed by atoms with Crippen molar-refractivity contribution in [3.05, 3.63) is 41.5 Å². The number of carboxylic acids is 1. The summed E-state index contributed by atoms with van der Waals surface area (Å²) >= 11 is 1.64. The van der Waals surface area contributed by atoms with Gasteiger partial charge in [-0.15, -0.1) is 0 Å². The summed E-state index contributed by atoms with van der Waals surface area (Å²) in [7, 11) is 0. The normalized spacial score (nSPS) is 9.81. The first-order valence-corrected chi connectivity index (χ1v) is 4.78. The van der Waals surface area contributed by atoms with Crippen LogP contribution in [-0.4, -0.2) is 20.9 Å². The van der Waals surface area contributed by atoms with Crippen LogP contribution in [-0.2, 0) is 0 Å². The highest BCUT2D eigenvalue weighted by Gasteiger charge is 2.31. The molecule has 84 valence electrons. The molecule has 16 heavy (non-hydrogen) atoms. The zero-order valence-corrected chi connectivity index (χ0v) is 9.57. The van der Waals surface area contributed by atoms with Crippen molar-refractivity contribution in [1.29, 1.82) is 0 Å². The molecule has 0 saturated carbocycles. The summed E-state index contributed by atoms with van der Waals surface area (Å²) in [6.45, 7) is 0. The molecule has 0 amide bonds. The topological polar surface area (TPSA) is 124 Å². The maximum atomic E-state index is 10.8. The Hall–Kier alpha value is -1.78. The quantitative estimate of drug-likeness (QED) is 0.509. The van der Waals surface area contributed by atoms with Crippen LogP contribution in [0.3, 0.4) is 0 Å². The minimum Gasteiger partial charge on any atom is -0.477 e. The van der Waals surface area contributed by atoms with Crippen molar-refractivity contribution in [2.75, 3.05) is 0 Å². The van der Waals surface area contributed by atoms with E-state index in [0.29, 0.717) is 0 Å². The summed E-state index contributed by atoms with van der Waals surface area (Å²) in [5.74, 6) is -1.70. The van der Waals surface area contributed by atoms with Gasteiger partial charge in [0.05, 0.1) is 9.85 Å². The van der Waals surface area contributed by atoms with Gasteiger partial charge in [0.1, 0.15) is 0 Å². The van der Waals surface area contributed by atoms with Crippen LogP contribution in [0.25, 0.3) is 0 Å². The average molecular weight is 338 g/mol. The second-order valence-corrected chi connectivity index (χ2v) is 3.88. The van der Waals surface area contributed by atoms with E-state index in [1.807, 2.05) is 0 Å². The van der Waals surface area contributed by atoms with E-state index in [9.17, 15) is 25.0 Å². The van der Waals surface area contributed by atoms with Gasteiger partial charge in [-0.2, -0.15) is 0 Å². The van der Waals surface area contributed by atoms with Gasteiger partial charge < -0.3 is 5.11 Å². The number of benzene rings is 1. The van der Waals surface area contributed by atoms with Gasteiger partial charge in [0.15, 0.2) is 0 Å². The zero-order valence-electron chi connectivity index (χ0n) is 7.42. The number of nitro groups is 2.